The fraction of sp³-hybridized carbons (Fsp3) is 1.00. The highest BCUT2D eigenvalue weighted by Crippen LogP contribution is 2.45. The molecule has 2 fully saturated rings. The summed E-state index contributed by atoms with van der Waals surface area (Å²) >= 11 is 0. The number of nitrogens with zero attached hydrogens (tertiary/aromatic N) is 2. The van der Waals surface area contributed by atoms with Crippen LogP contribution in [0.3, 0.4) is 0 Å². The van der Waals surface area contributed by atoms with Gasteiger partial charge in [0.05, 0.1) is 26.4 Å². The molecule has 0 radical (unpaired) electrons. The molecular formula is C8H18N3O3P. The van der Waals surface area contributed by atoms with Crippen LogP contribution in [0.1, 0.15) is 0 Å². The average molecular weight is 235 g/mol. The van der Waals surface area contributed by atoms with E-state index in [4.69, 9.17) is 15.0 Å². The van der Waals surface area contributed by atoms with Crippen molar-refractivity contribution in [2.75, 3.05) is 52.6 Å². The number of nitrogens with two attached hydrogens (primary N) is 1. The molecule has 15 heavy (non-hydrogen) atoms. The monoisotopic (exact) mass is 235 g/mol. The molecule has 0 spiro atoms. The largest absolute Gasteiger partial charge is 0.379 e. The zero-order valence-corrected chi connectivity index (χ0v) is 9.70. The summed E-state index contributed by atoms with van der Waals surface area (Å²) in [4.78, 5) is 0. The van der Waals surface area contributed by atoms with Gasteiger partial charge in [0.1, 0.15) is 0 Å². The molecule has 2 aliphatic rings. The molecule has 88 valence electrons. The van der Waals surface area contributed by atoms with Gasteiger partial charge in [0.25, 0.3) is 7.59 Å². The minimum atomic E-state index is -2.84. The van der Waals surface area contributed by atoms with Crippen LogP contribution in [0.25, 0.3) is 0 Å². The molecule has 0 amide bonds. The molecule has 2 rings (SSSR count). The normalized spacial score (nSPS) is 26.7. The lowest BCUT2D eigenvalue weighted by molar-refractivity contribution is 0.0524. The number of rotatable bonds is 2. The summed E-state index contributed by atoms with van der Waals surface area (Å²) in [6.07, 6.45) is 0. The van der Waals surface area contributed by atoms with Crippen LogP contribution >= 0.6 is 7.59 Å². The van der Waals surface area contributed by atoms with Gasteiger partial charge in [0.15, 0.2) is 0 Å². The highest BCUT2D eigenvalue weighted by Gasteiger charge is 2.35. The second-order valence-corrected chi connectivity index (χ2v) is 6.03. The third kappa shape index (κ3) is 2.58. The van der Waals surface area contributed by atoms with Crippen LogP contribution in [-0.4, -0.2) is 61.9 Å². The molecule has 7 heteroatoms. The summed E-state index contributed by atoms with van der Waals surface area (Å²) in [5, 5.41) is 0. The Kier molecular flexibility index (Phi) is 3.77. The number of hydrogen-bond acceptors (Lipinski definition) is 3. The predicted molar refractivity (Wildman–Crippen MR) is 56.6 cm³/mol. The van der Waals surface area contributed by atoms with Gasteiger partial charge in [-0.1, -0.05) is 0 Å². The smallest absolute Gasteiger partial charge is 0.281 e. The summed E-state index contributed by atoms with van der Waals surface area (Å²) in [5.74, 6) is 0. The maximum absolute atomic E-state index is 12.4. The van der Waals surface area contributed by atoms with E-state index >= 15 is 0 Å². The van der Waals surface area contributed by atoms with Crippen molar-refractivity contribution in [3.8, 4) is 0 Å². The van der Waals surface area contributed by atoms with Gasteiger partial charge in [-0.2, -0.15) is 0 Å². The summed E-state index contributed by atoms with van der Waals surface area (Å²) in [6, 6.07) is 0. The Bertz CT molecular complexity index is 230. The summed E-state index contributed by atoms with van der Waals surface area (Å²) < 4.78 is 26.6. The van der Waals surface area contributed by atoms with E-state index in [1.165, 1.54) is 0 Å². The molecule has 0 aromatic rings. The lowest BCUT2D eigenvalue weighted by Gasteiger charge is -2.39. The van der Waals surface area contributed by atoms with Crippen molar-refractivity contribution in [3.63, 3.8) is 0 Å². The summed E-state index contributed by atoms with van der Waals surface area (Å²) in [7, 11) is -2.84. The Hall–Kier alpha value is 0.0300. The van der Waals surface area contributed by atoms with Gasteiger partial charge in [-0.05, 0) is 0 Å². The third-order valence-corrected chi connectivity index (χ3v) is 5.21. The maximum atomic E-state index is 12.4. The Morgan fingerprint density at radius 1 is 0.867 bits per heavy atom. The van der Waals surface area contributed by atoms with E-state index in [9.17, 15) is 4.57 Å². The predicted octanol–water partition coefficient (Wildman–Crippen LogP) is -0.282. The number of morpholine rings is 2. The molecule has 2 aliphatic heterocycles. The van der Waals surface area contributed by atoms with Gasteiger partial charge in [-0.3, -0.25) is 10.1 Å². The lowest BCUT2D eigenvalue weighted by atomic mass is 10.5. The zero-order valence-electron chi connectivity index (χ0n) is 8.80. The summed E-state index contributed by atoms with van der Waals surface area (Å²) in [5.41, 5.74) is 5.96. The fourth-order valence-electron chi connectivity index (χ4n) is 1.86. The third-order valence-electron chi connectivity index (χ3n) is 2.79. The zero-order chi connectivity index (χ0) is 10.7. The van der Waals surface area contributed by atoms with Gasteiger partial charge in [0.2, 0.25) is 0 Å². The Labute approximate surface area is 89.8 Å². The fourth-order valence-corrected chi connectivity index (χ4v) is 3.69. The van der Waals surface area contributed by atoms with Gasteiger partial charge in [-0.15, -0.1) is 0 Å². The molecule has 0 aliphatic carbocycles. The SMILES string of the molecule is NP(=O)(N1CCOCC1)N1CCOCC1. The van der Waals surface area contributed by atoms with Crippen LogP contribution in [0, 0.1) is 0 Å². The van der Waals surface area contributed by atoms with Crippen LogP contribution in [0.4, 0.5) is 0 Å². The second-order valence-electron chi connectivity index (χ2n) is 3.72. The van der Waals surface area contributed by atoms with E-state index < -0.39 is 7.59 Å². The van der Waals surface area contributed by atoms with Gasteiger partial charge in [-0.25, -0.2) is 9.34 Å². The van der Waals surface area contributed by atoms with Crippen molar-refractivity contribution in [2.24, 2.45) is 5.50 Å². The highest BCUT2D eigenvalue weighted by molar-refractivity contribution is 7.56. The molecule has 0 aromatic heterocycles. The van der Waals surface area contributed by atoms with Crippen molar-refractivity contribution in [3.05, 3.63) is 0 Å². The average Bonchev–Trinajstić information content (AvgIpc) is 2.31. The standard InChI is InChI=1S/C8H18N3O3P/c9-15(12,10-1-5-13-6-2-10)11-3-7-14-8-4-11/h1-8H2,(H2,9,12). The first-order chi connectivity index (χ1) is 7.21. The quantitative estimate of drug-likeness (QED) is 0.664. The van der Waals surface area contributed by atoms with E-state index in [1.54, 1.807) is 0 Å². The molecule has 0 saturated carbocycles. The topological polar surface area (TPSA) is 68.0 Å². The van der Waals surface area contributed by atoms with Crippen molar-refractivity contribution in [2.45, 2.75) is 0 Å². The molecule has 0 unspecified atom stereocenters. The van der Waals surface area contributed by atoms with Crippen LogP contribution < -0.4 is 5.50 Å². The first-order valence-electron chi connectivity index (χ1n) is 5.26. The van der Waals surface area contributed by atoms with E-state index in [0.717, 1.165) is 0 Å². The molecular weight excluding hydrogens is 217 g/mol. The molecule has 2 N–H and O–H groups in total. The number of ether oxygens (including phenoxy) is 2. The van der Waals surface area contributed by atoms with E-state index in [2.05, 4.69) is 0 Å². The Morgan fingerprint density at radius 2 is 1.20 bits per heavy atom. The molecule has 0 bridgehead atoms. The maximum Gasteiger partial charge on any atom is 0.281 e. The lowest BCUT2D eigenvalue weighted by Crippen LogP contribution is -2.45. The Balaban J connectivity index is 1.99. The second kappa shape index (κ2) is 4.91. The van der Waals surface area contributed by atoms with E-state index in [1.807, 2.05) is 9.34 Å². The molecule has 2 heterocycles. The molecule has 0 atom stereocenters. The van der Waals surface area contributed by atoms with Crippen LogP contribution in [0.2, 0.25) is 0 Å². The van der Waals surface area contributed by atoms with Crippen molar-refractivity contribution in [1.29, 1.82) is 0 Å². The van der Waals surface area contributed by atoms with Crippen molar-refractivity contribution < 1.29 is 14.0 Å². The van der Waals surface area contributed by atoms with E-state index in [-0.39, 0.29) is 0 Å². The highest BCUT2D eigenvalue weighted by atomic mass is 31.2. The first-order valence-corrected chi connectivity index (χ1v) is 6.94. The van der Waals surface area contributed by atoms with Crippen molar-refractivity contribution >= 4 is 7.59 Å². The van der Waals surface area contributed by atoms with Crippen LogP contribution in [0.15, 0.2) is 0 Å². The first kappa shape index (κ1) is 11.5. The summed E-state index contributed by atoms with van der Waals surface area (Å²) in [6.45, 7) is 5.10. The van der Waals surface area contributed by atoms with Crippen LogP contribution in [0.5, 0.6) is 0 Å². The molecule has 2 saturated heterocycles. The minimum Gasteiger partial charge on any atom is -0.379 e. The Morgan fingerprint density at radius 3 is 1.53 bits per heavy atom. The minimum absolute atomic E-state index is 0.617. The molecule has 0 aromatic carbocycles. The van der Waals surface area contributed by atoms with Crippen molar-refractivity contribution in [1.82, 2.24) is 9.34 Å². The van der Waals surface area contributed by atoms with Crippen LogP contribution in [-0.2, 0) is 14.0 Å². The van der Waals surface area contributed by atoms with Gasteiger partial charge < -0.3 is 9.47 Å². The molecule has 6 nitrogen and oxygen atoms in total. The van der Waals surface area contributed by atoms with Gasteiger partial charge in [0, 0.05) is 26.2 Å². The van der Waals surface area contributed by atoms with E-state index in [0.29, 0.717) is 52.6 Å². The number of hydrogen-bond donors (Lipinski definition) is 1. The van der Waals surface area contributed by atoms with Gasteiger partial charge >= 0.3 is 0 Å².